The number of anilines is 1. The van der Waals surface area contributed by atoms with Gasteiger partial charge in [-0.1, -0.05) is 0 Å². The number of amides is 1. The number of alkyl halides is 3. The van der Waals surface area contributed by atoms with Crippen LogP contribution in [0.5, 0.6) is 0 Å². The number of carbonyl (C=O) groups excluding carboxylic acids is 1. The van der Waals surface area contributed by atoms with Crippen LogP contribution in [-0.4, -0.2) is 41.1 Å². The molecule has 0 bridgehead atoms. The van der Waals surface area contributed by atoms with Crippen molar-refractivity contribution in [2.75, 3.05) is 12.3 Å². The van der Waals surface area contributed by atoms with Crippen LogP contribution >= 0.6 is 0 Å². The van der Waals surface area contributed by atoms with Gasteiger partial charge in [-0.05, 0) is 36.0 Å². The molecule has 2 unspecified atom stereocenters. The summed E-state index contributed by atoms with van der Waals surface area (Å²) in [5.74, 6) is -0.691. The van der Waals surface area contributed by atoms with E-state index in [0.29, 0.717) is 25.7 Å². The minimum atomic E-state index is -4.35. The van der Waals surface area contributed by atoms with Crippen molar-refractivity contribution in [3.63, 3.8) is 0 Å². The highest BCUT2D eigenvalue weighted by Gasteiger charge is 2.32. The largest absolute Gasteiger partial charge is 0.411 e. The summed E-state index contributed by atoms with van der Waals surface area (Å²) in [6.07, 6.45) is -2.71. The highest BCUT2D eigenvalue weighted by atomic mass is 19.4. The van der Waals surface area contributed by atoms with E-state index in [1.807, 2.05) is 0 Å². The zero-order valence-corrected chi connectivity index (χ0v) is 11.0. The van der Waals surface area contributed by atoms with Crippen LogP contribution in [0.4, 0.5) is 19.0 Å². The van der Waals surface area contributed by atoms with E-state index in [2.05, 4.69) is 20.3 Å². The number of aromatic nitrogens is 2. The summed E-state index contributed by atoms with van der Waals surface area (Å²) in [4.78, 5) is 11.8. The van der Waals surface area contributed by atoms with E-state index < -0.39 is 24.8 Å². The van der Waals surface area contributed by atoms with Crippen molar-refractivity contribution in [2.45, 2.75) is 44.0 Å². The number of hydrogen-bond donors (Lipinski definition) is 2. The lowest BCUT2D eigenvalue weighted by Gasteiger charge is -2.29. The van der Waals surface area contributed by atoms with E-state index in [9.17, 15) is 18.0 Å². The second-order valence-electron chi connectivity index (χ2n) is 4.88. The van der Waals surface area contributed by atoms with E-state index in [-0.39, 0.29) is 17.6 Å². The quantitative estimate of drug-likeness (QED) is 0.868. The molecule has 118 valence electrons. The Morgan fingerprint density at radius 2 is 2.19 bits per heavy atom. The fourth-order valence-corrected chi connectivity index (χ4v) is 2.25. The van der Waals surface area contributed by atoms with Gasteiger partial charge in [-0.2, -0.15) is 13.2 Å². The number of nitrogens with two attached hydrogens (primary N) is 1. The molecule has 1 aliphatic carbocycles. The van der Waals surface area contributed by atoms with Crippen molar-refractivity contribution >= 4 is 11.7 Å². The molecule has 1 aliphatic rings. The van der Waals surface area contributed by atoms with E-state index in [1.54, 1.807) is 0 Å². The van der Waals surface area contributed by atoms with Crippen LogP contribution in [0.15, 0.2) is 4.63 Å². The van der Waals surface area contributed by atoms with Crippen LogP contribution in [-0.2, 0) is 4.74 Å². The number of carbonyl (C=O) groups is 1. The SMILES string of the molecule is Nc1nonc1C(=O)NC1CCCC(OCC(F)(F)F)C1. The molecule has 2 rings (SSSR count). The Balaban J connectivity index is 1.84. The van der Waals surface area contributed by atoms with Crippen molar-refractivity contribution < 1.29 is 27.3 Å². The highest BCUT2D eigenvalue weighted by Crippen LogP contribution is 2.24. The first-order chi connectivity index (χ1) is 9.85. The zero-order valence-electron chi connectivity index (χ0n) is 11.0. The monoisotopic (exact) mass is 308 g/mol. The lowest BCUT2D eigenvalue weighted by molar-refractivity contribution is -0.188. The maximum Gasteiger partial charge on any atom is 0.411 e. The van der Waals surface area contributed by atoms with Crippen molar-refractivity contribution in [2.24, 2.45) is 0 Å². The van der Waals surface area contributed by atoms with E-state index in [0.717, 1.165) is 0 Å². The molecular formula is C11H15F3N4O3. The normalized spacial score (nSPS) is 23.0. The van der Waals surface area contributed by atoms with Crippen molar-refractivity contribution in [1.29, 1.82) is 0 Å². The van der Waals surface area contributed by atoms with Crippen LogP contribution in [0.2, 0.25) is 0 Å². The van der Waals surface area contributed by atoms with Crippen LogP contribution in [0, 0.1) is 0 Å². The average Bonchev–Trinajstić information content (AvgIpc) is 2.82. The molecule has 1 amide bonds. The van der Waals surface area contributed by atoms with Gasteiger partial charge in [0, 0.05) is 6.04 Å². The minimum absolute atomic E-state index is 0.131. The Morgan fingerprint density at radius 3 is 2.81 bits per heavy atom. The molecule has 10 heteroatoms. The average molecular weight is 308 g/mol. The third kappa shape index (κ3) is 4.59. The summed E-state index contributed by atoms with van der Waals surface area (Å²) < 4.78 is 45.5. The Morgan fingerprint density at radius 1 is 1.43 bits per heavy atom. The molecule has 0 aliphatic heterocycles. The molecule has 1 fully saturated rings. The molecule has 0 spiro atoms. The molecule has 3 N–H and O–H groups in total. The fourth-order valence-electron chi connectivity index (χ4n) is 2.25. The van der Waals surface area contributed by atoms with Gasteiger partial charge in [0.1, 0.15) is 6.61 Å². The molecule has 0 aromatic carbocycles. The van der Waals surface area contributed by atoms with Crippen LogP contribution in [0.1, 0.15) is 36.2 Å². The van der Waals surface area contributed by atoms with Crippen molar-refractivity contribution in [3.8, 4) is 0 Å². The van der Waals surface area contributed by atoms with Crippen molar-refractivity contribution in [3.05, 3.63) is 5.69 Å². The lowest BCUT2D eigenvalue weighted by atomic mass is 9.92. The standard InChI is InChI=1S/C11H15F3N4O3/c12-11(13,14)5-20-7-3-1-2-6(4-7)16-10(19)8-9(15)18-21-17-8/h6-7H,1-5H2,(H2,15,18)(H,16,19). The molecule has 0 radical (unpaired) electrons. The van der Waals surface area contributed by atoms with Gasteiger partial charge in [-0.25, -0.2) is 4.63 Å². The molecule has 7 nitrogen and oxygen atoms in total. The van der Waals surface area contributed by atoms with Crippen molar-refractivity contribution in [1.82, 2.24) is 15.6 Å². The Hall–Kier alpha value is -1.84. The molecule has 21 heavy (non-hydrogen) atoms. The van der Waals surface area contributed by atoms with E-state index in [1.165, 1.54) is 0 Å². The van der Waals surface area contributed by atoms with Gasteiger partial charge in [0.2, 0.25) is 11.5 Å². The predicted molar refractivity (Wildman–Crippen MR) is 64.2 cm³/mol. The van der Waals surface area contributed by atoms with Crippen LogP contribution in [0.25, 0.3) is 0 Å². The van der Waals surface area contributed by atoms with Gasteiger partial charge in [-0.3, -0.25) is 4.79 Å². The van der Waals surface area contributed by atoms with Gasteiger partial charge in [0.15, 0.2) is 0 Å². The molecule has 1 saturated carbocycles. The maximum atomic E-state index is 12.1. The minimum Gasteiger partial charge on any atom is -0.379 e. The third-order valence-electron chi connectivity index (χ3n) is 3.17. The third-order valence-corrected chi connectivity index (χ3v) is 3.17. The highest BCUT2D eigenvalue weighted by molar-refractivity contribution is 5.96. The molecule has 0 saturated heterocycles. The summed E-state index contributed by atoms with van der Waals surface area (Å²) in [6, 6.07) is -0.291. The number of rotatable bonds is 4. The van der Waals surface area contributed by atoms with Gasteiger partial charge < -0.3 is 15.8 Å². The first-order valence-corrected chi connectivity index (χ1v) is 6.42. The Kier molecular flexibility index (Phi) is 4.66. The number of nitrogen functional groups attached to an aromatic ring is 1. The Labute approximate surface area is 118 Å². The number of hydrogen-bond acceptors (Lipinski definition) is 6. The first kappa shape index (κ1) is 15.5. The summed E-state index contributed by atoms with van der Waals surface area (Å²) in [5.41, 5.74) is 5.26. The summed E-state index contributed by atoms with van der Waals surface area (Å²) >= 11 is 0. The molecule has 1 aromatic heterocycles. The predicted octanol–water partition coefficient (Wildman–Crippen LogP) is 1.27. The second-order valence-corrected chi connectivity index (χ2v) is 4.88. The smallest absolute Gasteiger partial charge is 0.379 e. The van der Waals surface area contributed by atoms with Crippen LogP contribution in [0.3, 0.4) is 0 Å². The van der Waals surface area contributed by atoms with Gasteiger partial charge in [-0.15, -0.1) is 0 Å². The van der Waals surface area contributed by atoms with E-state index in [4.69, 9.17) is 10.5 Å². The number of ether oxygens (including phenoxy) is 1. The number of halogens is 3. The van der Waals surface area contributed by atoms with Gasteiger partial charge in [0.25, 0.3) is 5.91 Å². The fraction of sp³-hybridized carbons (Fsp3) is 0.727. The summed E-state index contributed by atoms with van der Waals surface area (Å²) in [7, 11) is 0. The molecule has 2 atom stereocenters. The summed E-state index contributed by atoms with van der Waals surface area (Å²) in [6.45, 7) is -1.28. The topological polar surface area (TPSA) is 103 Å². The Bertz CT molecular complexity index is 491. The summed E-state index contributed by atoms with van der Waals surface area (Å²) in [5, 5.41) is 9.30. The van der Waals surface area contributed by atoms with Gasteiger partial charge >= 0.3 is 6.18 Å². The second kappa shape index (κ2) is 6.29. The molecule has 1 aromatic rings. The lowest BCUT2D eigenvalue weighted by Crippen LogP contribution is -2.41. The zero-order chi connectivity index (χ0) is 15.5. The number of nitrogens with zero attached hydrogens (tertiary/aromatic N) is 2. The molecular weight excluding hydrogens is 293 g/mol. The maximum absolute atomic E-state index is 12.1. The number of nitrogens with one attached hydrogen (secondary N) is 1. The molecule has 1 heterocycles. The van der Waals surface area contributed by atoms with Gasteiger partial charge in [0.05, 0.1) is 6.10 Å². The first-order valence-electron chi connectivity index (χ1n) is 6.42. The van der Waals surface area contributed by atoms with Crippen LogP contribution < -0.4 is 11.1 Å². The van der Waals surface area contributed by atoms with E-state index >= 15 is 0 Å².